The molecule has 0 spiro atoms. The first-order chi connectivity index (χ1) is 11.1. The third kappa shape index (κ3) is 3.52. The van der Waals surface area contributed by atoms with E-state index in [2.05, 4.69) is 4.98 Å². The van der Waals surface area contributed by atoms with Crippen molar-refractivity contribution < 1.29 is 9.63 Å². The van der Waals surface area contributed by atoms with E-state index in [1.807, 2.05) is 41.4 Å². The standard InChI is InChI=1S/C17H22ClN3O2/c1-20(23-2)14-5-7-21(8-6-14)17(22)9-12-11-19-16-10-13(18)3-4-15(12)16/h3-4,10-11,14,19H,5-9H2,1-2H3. The van der Waals surface area contributed by atoms with Crippen LogP contribution in [0.4, 0.5) is 0 Å². The molecule has 6 heteroatoms. The van der Waals surface area contributed by atoms with Crippen LogP contribution in [0.15, 0.2) is 24.4 Å². The van der Waals surface area contributed by atoms with Crippen LogP contribution in [-0.2, 0) is 16.1 Å². The van der Waals surface area contributed by atoms with Gasteiger partial charge in [-0.3, -0.25) is 4.79 Å². The Labute approximate surface area is 141 Å². The summed E-state index contributed by atoms with van der Waals surface area (Å²) >= 11 is 6.00. The zero-order valence-corrected chi connectivity index (χ0v) is 14.3. The summed E-state index contributed by atoms with van der Waals surface area (Å²) in [5.41, 5.74) is 2.00. The molecule has 1 saturated heterocycles. The molecule has 0 radical (unpaired) electrons. The fourth-order valence-corrected chi connectivity index (χ4v) is 3.38. The van der Waals surface area contributed by atoms with Gasteiger partial charge in [0.05, 0.1) is 13.5 Å². The molecule has 23 heavy (non-hydrogen) atoms. The number of amides is 1. The summed E-state index contributed by atoms with van der Waals surface area (Å²) in [6, 6.07) is 6.10. The lowest BCUT2D eigenvalue weighted by atomic mass is 10.0. The molecule has 0 aliphatic carbocycles. The average Bonchev–Trinajstić information content (AvgIpc) is 2.96. The third-order valence-corrected chi connectivity index (χ3v) is 4.93. The van der Waals surface area contributed by atoms with Crippen molar-refractivity contribution in [2.24, 2.45) is 0 Å². The van der Waals surface area contributed by atoms with Gasteiger partial charge in [0.25, 0.3) is 0 Å². The van der Waals surface area contributed by atoms with Crippen LogP contribution in [0.5, 0.6) is 0 Å². The van der Waals surface area contributed by atoms with Crippen LogP contribution in [0.3, 0.4) is 0 Å². The van der Waals surface area contributed by atoms with Gasteiger partial charge < -0.3 is 14.7 Å². The Morgan fingerprint density at radius 1 is 1.43 bits per heavy atom. The molecule has 0 atom stereocenters. The Hall–Kier alpha value is -1.56. The molecular formula is C17H22ClN3O2. The lowest BCUT2D eigenvalue weighted by Gasteiger charge is -2.35. The number of carbonyl (C=O) groups excluding carboxylic acids is 1. The van der Waals surface area contributed by atoms with Crippen molar-refractivity contribution in [2.45, 2.75) is 25.3 Å². The second kappa shape index (κ2) is 6.91. The average molecular weight is 336 g/mol. The Balaban J connectivity index is 1.63. The number of rotatable bonds is 4. The minimum atomic E-state index is 0.180. The molecule has 1 fully saturated rings. The van der Waals surface area contributed by atoms with Crippen molar-refractivity contribution in [3.8, 4) is 0 Å². The van der Waals surface area contributed by atoms with Crippen LogP contribution in [0.25, 0.3) is 10.9 Å². The van der Waals surface area contributed by atoms with Gasteiger partial charge in [-0.1, -0.05) is 17.7 Å². The highest BCUT2D eigenvalue weighted by molar-refractivity contribution is 6.31. The normalized spacial score (nSPS) is 16.4. The van der Waals surface area contributed by atoms with Crippen LogP contribution in [-0.4, -0.2) is 54.1 Å². The van der Waals surface area contributed by atoms with Crippen molar-refractivity contribution >= 4 is 28.4 Å². The van der Waals surface area contributed by atoms with Gasteiger partial charge in [0.2, 0.25) is 5.91 Å². The second-order valence-corrected chi connectivity index (χ2v) is 6.46. The number of benzene rings is 1. The quantitative estimate of drug-likeness (QED) is 0.874. The molecule has 0 unspecified atom stereocenters. The molecule has 1 aromatic heterocycles. The Morgan fingerprint density at radius 2 is 2.17 bits per heavy atom. The fourth-order valence-electron chi connectivity index (χ4n) is 3.21. The Kier molecular flexibility index (Phi) is 4.90. The highest BCUT2D eigenvalue weighted by Gasteiger charge is 2.25. The number of fused-ring (bicyclic) bond motifs is 1. The topological polar surface area (TPSA) is 48.6 Å². The number of aromatic amines is 1. The van der Waals surface area contributed by atoms with Gasteiger partial charge in [-0.15, -0.1) is 0 Å². The third-order valence-electron chi connectivity index (χ3n) is 4.69. The van der Waals surface area contributed by atoms with E-state index < -0.39 is 0 Å². The highest BCUT2D eigenvalue weighted by atomic mass is 35.5. The van der Waals surface area contributed by atoms with Crippen LogP contribution < -0.4 is 0 Å². The maximum absolute atomic E-state index is 12.6. The van der Waals surface area contributed by atoms with Gasteiger partial charge in [-0.05, 0) is 30.5 Å². The Bertz CT molecular complexity index is 692. The molecule has 2 heterocycles. The molecule has 0 bridgehead atoms. The molecule has 124 valence electrons. The number of nitrogens with zero attached hydrogens (tertiary/aromatic N) is 2. The molecule has 0 saturated carbocycles. The summed E-state index contributed by atoms with van der Waals surface area (Å²) in [5, 5.41) is 3.64. The van der Waals surface area contributed by atoms with E-state index in [1.54, 1.807) is 7.11 Å². The summed E-state index contributed by atoms with van der Waals surface area (Å²) in [7, 11) is 3.63. The summed E-state index contributed by atoms with van der Waals surface area (Å²) < 4.78 is 0. The zero-order valence-electron chi connectivity index (χ0n) is 13.5. The minimum absolute atomic E-state index is 0.180. The molecule has 1 N–H and O–H groups in total. The van der Waals surface area contributed by atoms with Crippen LogP contribution in [0, 0.1) is 0 Å². The van der Waals surface area contributed by atoms with E-state index >= 15 is 0 Å². The van der Waals surface area contributed by atoms with E-state index in [-0.39, 0.29) is 5.91 Å². The van der Waals surface area contributed by atoms with E-state index in [1.165, 1.54) is 0 Å². The number of halogens is 1. The van der Waals surface area contributed by atoms with Crippen LogP contribution in [0.2, 0.25) is 5.02 Å². The lowest BCUT2D eigenvalue weighted by molar-refractivity contribution is -0.155. The Morgan fingerprint density at radius 3 is 2.87 bits per heavy atom. The van der Waals surface area contributed by atoms with E-state index in [9.17, 15) is 4.79 Å². The minimum Gasteiger partial charge on any atom is -0.361 e. The van der Waals surface area contributed by atoms with E-state index in [0.29, 0.717) is 17.5 Å². The van der Waals surface area contributed by atoms with Gasteiger partial charge in [0, 0.05) is 48.3 Å². The first-order valence-corrected chi connectivity index (χ1v) is 8.26. The first kappa shape index (κ1) is 16.3. The first-order valence-electron chi connectivity index (χ1n) is 7.88. The van der Waals surface area contributed by atoms with E-state index in [4.69, 9.17) is 16.4 Å². The zero-order chi connectivity index (χ0) is 16.4. The predicted molar refractivity (Wildman–Crippen MR) is 91.4 cm³/mol. The lowest BCUT2D eigenvalue weighted by Crippen LogP contribution is -2.45. The largest absolute Gasteiger partial charge is 0.361 e. The highest BCUT2D eigenvalue weighted by Crippen LogP contribution is 2.23. The number of carbonyl (C=O) groups is 1. The number of nitrogens with one attached hydrogen (secondary N) is 1. The predicted octanol–water partition coefficient (Wildman–Crippen LogP) is 2.85. The van der Waals surface area contributed by atoms with Crippen molar-refractivity contribution in [1.29, 1.82) is 0 Å². The van der Waals surface area contributed by atoms with Gasteiger partial charge in [-0.2, -0.15) is 5.06 Å². The van der Waals surface area contributed by atoms with Crippen molar-refractivity contribution in [3.63, 3.8) is 0 Å². The summed E-state index contributed by atoms with van der Waals surface area (Å²) in [4.78, 5) is 22.9. The van der Waals surface area contributed by atoms with Crippen LogP contribution in [0.1, 0.15) is 18.4 Å². The number of hydrogen-bond donors (Lipinski definition) is 1. The van der Waals surface area contributed by atoms with Gasteiger partial charge >= 0.3 is 0 Å². The summed E-state index contributed by atoms with van der Waals surface area (Å²) in [6.07, 6.45) is 4.22. The SMILES string of the molecule is CON(C)C1CCN(C(=O)Cc2c[nH]c3cc(Cl)ccc23)CC1. The molecule has 2 aromatic rings. The monoisotopic (exact) mass is 335 g/mol. The molecule has 1 aliphatic heterocycles. The molecular weight excluding hydrogens is 314 g/mol. The maximum atomic E-state index is 12.6. The smallest absolute Gasteiger partial charge is 0.227 e. The van der Waals surface area contributed by atoms with Gasteiger partial charge in [0.1, 0.15) is 0 Å². The maximum Gasteiger partial charge on any atom is 0.227 e. The van der Waals surface area contributed by atoms with Crippen molar-refractivity contribution in [3.05, 3.63) is 35.0 Å². The number of hydrogen-bond acceptors (Lipinski definition) is 3. The van der Waals surface area contributed by atoms with Crippen LogP contribution >= 0.6 is 11.6 Å². The van der Waals surface area contributed by atoms with Crippen molar-refractivity contribution in [1.82, 2.24) is 14.9 Å². The number of likely N-dealkylation sites (tertiary alicyclic amines) is 1. The summed E-state index contributed by atoms with van der Waals surface area (Å²) in [6.45, 7) is 1.57. The molecule has 5 nitrogen and oxygen atoms in total. The fraction of sp³-hybridized carbons (Fsp3) is 0.471. The van der Waals surface area contributed by atoms with Crippen molar-refractivity contribution in [2.75, 3.05) is 27.2 Å². The molecule has 3 rings (SSSR count). The number of hydroxylamine groups is 2. The van der Waals surface area contributed by atoms with E-state index in [0.717, 1.165) is 42.4 Å². The molecule has 1 aliphatic rings. The second-order valence-electron chi connectivity index (χ2n) is 6.02. The number of piperidine rings is 1. The number of aromatic nitrogens is 1. The van der Waals surface area contributed by atoms with Gasteiger partial charge in [-0.25, -0.2) is 0 Å². The summed E-state index contributed by atoms with van der Waals surface area (Å²) in [5.74, 6) is 0.180. The molecule has 1 amide bonds. The molecule has 1 aromatic carbocycles. The van der Waals surface area contributed by atoms with Gasteiger partial charge in [0.15, 0.2) is 0 Å². The number of H-pyrrole nitrogens is 1.